The van der Waals surface area contributed by atoms with E-state index in [1.165, 1.54) is 6.42 Å². The van der Waals surface area contributed by atoms with Crippen LogP contribution in [-0.4, -0.2) is 10.7 Å². The van der Waals surface area contributed by atoms with E-state index in [9.17, 15) is 5.11 Å². The quantitative estimate of drug-likeness (QED) is 0.549. The molecule has 1 saturated carbocycles. The first-order valence-electron chi connectivity index (χ1n) is 4.22. The molecule has 0 radical (unpaired) electrons. The number of hydrogen-bond acceptors (Lipinski definition) is 1. The first-order valence-corrected chi connectivity index (χ1v) is 4.22. The van der Waals surface area contributed by atoms with Crippen molar-refractivity contribution < 1.29 is 5.11 Å². The topological polar surface area (TPSA) is 20.2 Å². The lowest BCUT2D eigenvalue weighted by molar-refractivity contribution is -0.0146. The summed E-state index contributed by atoms with van der Waals surface area (Å²) in [4.78, 5) is 0. The Morgan fingerprint density at radius 2 is 1.60 bits per heavy atom. The molecule has 0 spiro atoms. The van der Waals surface area contributed by atoms with Gasteiger partial charge in [0.1, 0.15) is 0 Å². The summed E-state index contributed by atoms with van der Waals surface area (Å²) >= 11 is 0. The zero-order valence-electron chi connectivity index (χ0n) is 7.22. The van der Waals surface area contributed by atoms with Gasteiger partial charge in [0, 0.05) is 0 Å². The van der Waals surface area contributed by atoms with E-state index in [1.807, 2.05) is 6.92 Å². The first kappa shape index (κ1) is 8.06. The first-order chi connectivity index (χ1) is 4.49. The minimum absolute atomic E-state index is 0.378. The summed E-state index contributed by atoms with van der Waals surface area (Å²) in [5.41, 5.74) is -0.378. The molecule has 0 saturated heterocycles. The Morgan fingerprint density at radius 1 is 1.20 bits per heavy atom. The summed E-state index contributed by atoms with van der Waals surface area (Å²) in [5.74, 6) is 1.41. The van der Waals surface area contributed by atoms with Crippen LogP contribution < -0.4 is 0 Å². The molecule has 0 amide bonds. The highest BCUT2D eigenvalue weighted by Crippen LogP contribution is 2.35. The van der Waals surface area contributed by atoms with Crippen LogP contribution in [0, 0.1) is 11.8 Å². The van der Waals surface area contributed by atoms with Gasteiger partial charge in [-0.05, 0) is 38.0 Å². The van der Waals surface area contributed by atoms with E-state index in [4.69, 9.17) is 0 Å². The smallest absolute Gasteiger partial charge is 0.0624 e. The van der Waals surface area contributed by atoms with Crippen LogP contribution in [0.1, 0.15) is 40.0 Å². The van der Waals surface area contributed by atoms with Crippen LogP contribution in [0.15, 0.2) is 0 Å². The molecule has 0 heterocycles. The molecule has 10 heavy (non-hydrogen) atoms. The molecule has 1 unspecified atom stereocenters. The average molecular weight is 142 g/mol. The van der Waals surface area contributed by atoms with Crippen molar-refractivity contribution in [1.82, 2.24) is 0 Å². The minimum atomic E-state index is -0.378. The molecule has 1 aliphatic carbocycles. The van der Waals surface area contributed by atoms with Crippen LogP contribution in [0.3, 0.4) is 0 Å². The van der Waals surface area contributed by atoms with Crippen molar-refractivity contribution in [3.63, 3.8) is 0 Å². The number of aliphatic hydroxyl groups is 1. The van der Waals surface area contributed by atoms with Gasteiger partial charge in [0.05, 0.1) is 5.60 Å². The van der Waals surface area contributed by atoms with Crippen LogP contribution in [0.4, 0.5) is 0 Å². The molecule has 1 N–H and O–H groups in total. The Balaban J connectivity index is 2.51. The van der Waals surface area contributed by atoms with Crippen LogP contribution in [-0.2, 0) is 0 Å². The third-order valence-electron chi connectivity index (χ3n) is 2.38. The van der Waals surface area contributed by atoms with Gasteiger partial charge in [-0.25, -0.2) is 0 Å². The van der Waals surface area contributed by atoms with Crippen molar-refractivity contribution >= 4 is 0 Å². The fourth-order valence-corrected chi connectivity index (χ4v) is 2.44. The van der Waals surface area contributed by atoms with Gasteiger partial charge in [-0.15, -0.1) is 0 Å². The lowest BCUT2D eigenvalue weighted by Crippen LogP contribution is -2.34. The van der Waals surface area contributed by atoms with Gasteiger partial charge >= 0.3 is 0 Å². The van der Waals surface area contributed by atoms with Gasteiger partial charge in [0.2, 0.25) is 0 Å². The molecular weight excluding hydrogens is 124 g/mol. The molecule has 3 atom stereocenters. The summed E-state index contributed by atoms with van der Waals surface area (Å²) in [5, 5.41) is 9.72. The summed E-state index contributed by atoms with van der Waals surface area (Å²) in [7, 11) is 0. The Hall–Kier alpha value is -0.0400. The highest BCUT2D eigenvalue weighted by atomic mass is 16.3. The molecule has 0 aromatic carbocycles. The normalized spacial score (nSPS) is 49.2. The molecule has 1 nitrogen and oxygen atoms in total. The number of rotatable bonds is 0. The summed E-state index contributed by atoms with van der Waals surface area (Å²) in [6.07, 6.45) is 3.25. The molecule has 1 aliphatic rings. The Morgan fingerprint density at radius 3 is 1.90 bits per heavy atom. The van der Waals surface area contributed by atoms with Gasteiger partial charge in [-0.2, -0.15) is 0 Å². The Bertz CT molecular complexity index is 106. The summed E-state index contributed by atoms with van der Waals surface area (Å²) in [6, 6.07) is 0. The van der Waals surface area contributed by atoms with Gasteiger partial charge in [0.15, 0.2) is 0 Å². The zero-order valence-corrected chi connectivity index (χ0v) is 7.22. The van der Waals surface area contributed by atoms with Crippen LogP contribution in [0.5, 0.6) is 0 Å². The van der Waals surface area contributed by atoms with Gasteiger partial charge in [-0.1, -0.05) is 13.8 Å². The molecule has 0 aliphatic heterocycles. The fraction of sp³-hybridized carbons (Fsp3) is 1.00. The van der Waals surface area contributed by atoms with Gasteiger partial charge < -0.3 is 5.11 Å². The number of hydrogen-bond donors (Lipinski definition) is 1. The van der Waals surface area contributed by atoms with E-state index in [0.717, 1.165) is 12.8 Å². The molecule has 0 aromatic heterocycles. The van der Waals surface area contributed by atoms with Crippen LogP contribution >= 0.6 is 0 Å². The second-order valence-electron chi connectivity index (χ2n) is 4.35. The summed E-state index contributed by atoms with van der Waals surface area (Å²) in [6.45, 7) is 6.41. The van der Waals surface area contributed by atoms with E-state index >= 15 is 0 Å². The van der Waals surface area contributed by atoms with Crippen molar-refractivity contribution in [3.05, 3.63) is 0 Å². The van der Waals surface area contributed by atoms with E-state index in [-0.39, 0.29) is 5.60 Å². The van der Waals surface area contributed by atoms with Crippen molar-refractivity contribution in [2.24, 2.45) is 11.8 Å². The highest BCUT2D eigenvalue weighted by molar-refractivity contribution is 4.83. The lowest BCUT2D eigenvalue weighted by Gasteiger charge is -2.36. The molecule has 60 valence electrons. The third-order valence-corrected chi connectivity index (χ3v) is 2.38. The monoisotopic (exact) mass is 142 g/mol. The Labute approximate surface area is 63.4 Å². The standard InChI is InChI=1S/C9H18O/c1-7-4-8(2)6-9(3,10)5-7/h7-8,10H,4-6H2,1-3H3/t7-,8+,9?. The predicted octanol–water partition coefficient (Wildman–Crippen LogP) is 2.19. The van der Waals surface area contributed by atoms with E-state index in [0.29, 0.717) is 11.8 Å². The van der Waals surface area contributed by atoms with Gasteiger partial charge in [0.25, 0.3) is 0 Å². The highest BCUT2D eigenvalue weighted by Gasteiger charge is 2.31. The van der Waals surface area contributed by atoms with E-state index in [1.54, 1.807) is 0 Å². The maximum Gasteiger partial charge on any atom is 0.0624 e. The SMILES string of the molecule is C[C@@H]1C[C@H](C)CC(C)(O)C1. The molecule has 1 fully saturated rings. The van der Waals surface area contributed by atoms with Crippen molar-refractivity contribution in [3.8, 4) is 0 Å². The third kappa shape index (κ3) is 1.98. The minimum Gasteiger partial charge on any atom is -0.390 e. The predicted molar refractivity (Wildman–Crippen MR) is 42.8 cm³/mol. The lowest BCUT2D eigenvalue weighted by atomic mass is 9.75. The van der Waals surface area contributed by atoms with Crippen molar-refractivity contribution in [1.29, 1.82) is 0 Å². The van der Waals surface area contributed by atoms with Crippen LogP contribution in [0.2, 0.25) is 0 Å². The van der Waals surface area contributed by atoms with Crippen molar-refractivity contribution in [2.45, 2.75) is 45.6 Å². The average Bonchev–Trinajstić information content (AvgIpc) is 1.54. The maximum absolute atomic E-state index is 9.72. The second kappa shape index (κ2) is 2.54. The largest absolute Gasteiger partial charge is 0.390 e. The second-order valence-corrected chi connectivity index (χ2v) is 4.35. The fourth-order valence-electron chi connectivity index (χ4n) is 2.44. The van der Waals surface area contributed by atoms with Crippen molar-refractivity contribution in [2.75, 3.05) is 0 Å². The van der Waals surface area contributed by atoms with E-state index < -0.39 is 0 Å². The maximum atomic E-state index is 9.72. The molecule has 1 rings (SSSR count). The molecule has 0 bridgehead atoms. The zero-order chi connectivity index (χ0) is 7.78. The molecular formula is C9H18O. The Kier molecular flexibility index (Phi) is 2.04. The van der Waals surface area contributed by atoms with Gasteiger partial charge in [-0.3, -0.25) is 0 Å². The summed E-state index contributed by atoms with van der Waals surface area (Å²) < 4.78 is 0. The molecule has 1 heteroatoms. The van der Waals surface area contributed by atoms with E-state index in [2.05, 4.69) is 13.8 Å². The van der Waals surface area contributed by atoms with Crippen LogP contribution in [0.25, 0.3) is 0 Å². The molecule has 0 aromatic rings.